The third kappa shape index (κ3) is 1.86. The minimum atomic E-state index is -0.539. The van der Waals surface area contributed by atoms with Crippen molar-refractivity contribution >= 4 is 11.3 Å². The molecule has 2 nitrogen and oxygen atoms in total. The van der Waals surface area contributed by atoms with Crippen LogP contribution >= 0.6 is 11.3 Å². The fraction of sp³-hybridized carbons (Fsp3) is 0.556. The molecule has 0 saturated heterocycles. The molecule has 0 aromatic carbocycles. The van der Waals surface area contributed by atoms with Gasteiger partial charge in [-0.3, -0.25) is 0 Å². The van der Waals surface area contributed by atoms with Crippen molar-refractivity contribution in [3.8, 4) is 0 Å². The number of thiophene rings is 1. The Kier molecular flexibility index (Phi) is 2.88. The third-order valence-electron chi connectivity index (χ3n) is 2.00. The molecule has 0 aliphatic carbocycles. The van der Waals surface area contributed by atoms with E-state index in [2.05, 4.69) is 0 Å². The molecule has 0 fully saturated rings. The minimum Gasteiger partial charge on any atom is -0.385 e. The second-order valence-corrected chi connectivity index (χ2v) is 4.20. The van der Waals surface area contributed by atoms with E-state index in [1.165, 1.54) is 0 Å². The molecule has 0 aliphatic heterocycles. The second-order valence-electron chi connectivity index (χ2n) is 3.23. The summed E-state index contributed by atoms with van der Waals surface area (Å²) < 4.78 is 5.18. The topological polar surface area (TPSA) is 29.5 Å². The monoisotopic (exact) mass is 186 g/mol. The first kappa shape index (κ1) is 9.71. The van der Waals surface area contributed by atoms with Gasteiger partial charge in [0.1, 0.15) is 6.10 Å². The molecular formula is C9H14O2S. The molecule has 1 N–H and O–H groups in total. The van der Waals surface area contributed by atoms with Crippen LogP contribution in [0.5, 0.6) is 0 Å². The lowest BCUT2D eigenvalue weighted by molar-refractivity contribution is -0.0778. The highest BCUT2D eigenvalue weighted by molar-refractivity contribution is 7.10. The van der Waals surface area contributed by atoms with E-state index in [1.807, 2.05) is 31.4 Å². The number of ether oxygens (including phenoxy) is 1. The molecule has 1 heterocycles. The average molecular weight is 186 g/mol. The molecule has 1 aromatic rings. The Labute approximate surface area is 76.8 Å². The fourth-order valence-corrected chi connectivity index (χ4v) is 1.79. The van der Waals surface area contributed by atoms with Crippen molar-refractivity contribution in [2.75, 3.05) is 7.11 Å². The molecular weight excluding hydrogens is 172 g/mol. The predicted octanol–water partition coefficient (Wildman–Crippen LogP) is 2.21. The van der Waals surface area contributed by atoms with Gasteiger partial charge in [-0.15, -0.1) is 11.3 Å². The van der Waals surface area contributed by atoms with E-state index < -0.39 is 11.7 Å². The summed E-state index contributed by atoms with van der Waals surface area (Å²) in [4.78, 5) is 0.946. The van der Waals surface area contributed by atoms with E-state index in [-0.39, 0.29) is 0 Å². The number of rotatable bonds is 3. The van der Waals surface area contributed by atoms with E-state index in [1.54, 1.807) is 18.4 Å². The molecule has 12 heavy (non-hydrogen) atoms. The van der Waals surface area contributed by atoms with Crippen molar-refractivity contribution < 1.29 is 9.84 Å². The Bertz CT molecular complexity index is 229. The van der Waals surface area contributed by atoms with Crippen molar-refractivity contribution in [1.29, 1.82) is 0 Å². The first-order valence-corrected chi connectivity index (χ1v) is 4.72. The third-order valence-corrected chi connectivity index (χ3v) is 2.92. The quantitative estimate of drug-likeness (QED) is 0.784. The molecule has 0 aliphatic rings. The largest absolute Gasteiger partial charge is 0.385 e. The molecule has 68 valence electrons. The summed E-state index contributed by atoms with van der Waals surface area (Å²) in [5, 5.41) is 11.8. The molecule has 0 radical (unpaired) electrons. The van der Waals surface area contributed by atoms with Crippen LogP contribution in [0.1, 0.15) is 24.8 Å². The lowest BCUT2D eigenvalue weighted by Crippen LogP contribution is -2.30. The minimum absolute atomic E-state index is 0.509. The van der Waals surface area contributed by atoms with Gasteiger partial charge in [0.2, 0.25) is 0 Å². The normalized spacial score (nSPS) is 14.7. The number of aliphatic hydroxyl groups is 1. The van der Waals surface area contributed by atoms with Crippen molar-refractivity contribution in [3.63, 3.8) is 0 Å². The van der Waals surface area contributed by atoms with Crippen LogP contribution < -0.4 is 0 Å². The second kappa shape index (κ2) is 3.56. The van der Waals surface area contributed by atoms with Crippen LogP contribution in [0.2, 0.25) is 0 Å². The summed E-state index contributed by atoms with van der Waals surface area (Å²) in [5.74, 6) is 0. The smallest absolute Gasteiger partial charge is 0.116 e. The lowest BCUT2D eigenvalue weighted by Gasteiger charge is -2.28. The maximum atomic E-state index is 9.82. The Hall–Kier alpha value is -0.380. The highest BCUT2D eigenvalue weighted by Gasteiger charge is 2.29. The highest BCUT2D eigenvalue weighted by atomic mass is 32.1. The molecule has 1 atom stereocenters. The summed E-state index contributed by atoms with van der Waals surface area (Å²) >= 11 is 1.54. The molecule has 1 aromatic heterocycles. The average Bonchev–Trinajstić information content (AvgIpc) is 2.55. The maximum Gasteiger partial charge on any atom is 0.116 e. The van der Waals surface area contributed by atoms with Gasteiger partial charge < -0.3 is 9.84 Å². The summed E-state index contributed by atoms with van der Waals surface area (Å²) in [6.07, 6.45) is -0.539. The zero-order valence-electron chi connectivity index (χ0n) is 7.57. The van der Waals surface area contributed by atoms with Gasteiger partial charge in [0.05, 0.1) is 5.60 Å². The summed E-state index contributed by atoms with van der Waals surface area (Å²) in [7, 11) is 1.61. The van der Waals surface area contributed by atoms with E-state index in [9.17, 15) is 5.11 Å². The SMILES string of the molecule is COC(C)(C)C(O)c1cccs1. The Morgan fingerprint density at radius 2 is 2.25 bits per heavy atom. The Balaban J connectivity index is 2.78. The summed E-state index contributed by atoms with van der Waals surface area (Å²) in [6, 6.07) is 3.84. The van der Waals surface area contributed by atoms with E-state index in [0.717, 1.165) is 4.88 Å². The number of aliphatic hydroxyl groups excluding tert-OH is 1. The predicted molar refractivity (Wildman–Crippen MR) is 50.4 cm³/mol. The number of hydrogen-bond acceptors (Lipinski definition) is 3. The Morgan fingerprint density at radius 3 is 2.67 bits per heavy atom. The van der Waals surface area contributed by atoms with Crippen molar-refractivity contribution in [2.45, 2.75) is 25.6 Å². The number of methoxy groups -OCH3 is 1. The van der Waals surface area contributed by atoms with Gasteiger partial charge in [0.25, 0.3) is 0 Å². The van der Waals surface area contributed by atoms with Gasteiger partial charge >= 0.3 is 0 Å². The van der Waals surface area contributed by atoms with E-state index in [4.69, 9.17) is 4.74 Å². The van der Waals surface area contributed by atoms with Crippen LogP contribution in [0.15, 0.2) is 17.5 Å². The standard InChI is InChI=1S/C9H14O2S/c1-9(2,11-3)8(10)7-5-4-6-12-7/h4-6,8,10H,1-3H3. The lowest BCUT2D eigenvalue weighted by atomic mass is 10.0. The van der Waals surface area contributed by atoms with Crippen LogP contribution in [0.4, 0.5) is 0 Å². The molecule has 0 saturated carbocycles. The van der Waals surface area contributed by atoms with Gasteiger partial charge in [-0.05, 0) is 25.3 Å². The fourth-order valence-electron chi connectivity index (χ4n) is 0.901. The van der Waals surface area contributed by atoms with E-state index >= 15 is 0 Å². The zero-order valence-corrected chi connectivity index (χ0v) is 8.39. The van der Waals surface area contributed by atoms with Gasteiger partial charge in [-0.25, -0.2) is 0 Å². The van der Waals surface area contributed by atoms with Crippen molar-refractivity contribution in [1.82, 2.24) is 0 Å². The summed E-state index contributed by atoms with van der Waals surface area (Å²) in [6.45, 7) is 3.74. The maximum absolute atomic E-state index is 9.82. The van der Waals surface area contributed by atoms with Crippen LogP contribution in [0.3, 0.4) is 0 Å². The first-order chi connectivity index (χ1) is 5.58. The van der Waals surface area contributed by atoms with E-state index in [0.29, 0.717) is 0 Å². The molecule has 0 amide bonds. The Morgan fingerprint density at radius 1 is 1.58 bits per heavy atom. The molecule has 0 spiro atoms. The van der Waals surface area contributed by atoms with Crippen molar-refractivity contribution in [2.24, 2.45) is 0 Å². The van der Waals surface area contributed by atoms with Crippen LogP contribution in [-0.2, 0) is 4.74 Å². The highest BCUT2D eigenvalue weighted by Crippen LogP contribution is 2.30. The van der Waals surface area contributed by atoms with Gasteiger partial charge in [-0.2, -0.15) is 0 Å². The van der Waals surface area contributed by atoms with Crippen LogP contribution in [0, 0.1) is 0 Å². The zero-order chi connectivity index (χ0) is 9.19. The van der Waals surface area contributed by atoms with Crippen molar-refractivity contribution in [3.05, 3.63) is 22.4 Å². The molecule has 1 unspecified atom stereocenters. The van der Waals surface area contributed by atoms with Gasteiger partial charge in [0, 0.05) is 12.0 Å². The summed E-state index contributed by atoms with van der Waals surface area (Å²) in [5.41, 5.74) is -0.509. The molecule has 1 rings (SSSR count). The number of hydrogen-bond donors (Lipinski definition) is 1. The van der Waals surface area contributed by atoms with Crippen LogP contribution in [-0.4, -0.2) is 17.8 Å². The molecule has 3 heteroatoms. The first-order valence-electron chi connectivity index (χ1n) is 3.84. The van der Waals surface area contributed by atoms with Gasteiger partial charge in [-0.1, -0.05) is 6.07 Å². The molecule has 0 bridgehead atoms. The van der Waals surface area contributed by atoms with Gasteiger partial charge in [0.15, 0.2) is 0 Å². The van der Waals surface area contributed by atoms with Crippen LogP contribution in [0.25, 0.3) is 0 Å².